The Morgan fingerprint density at radius 1 is 1.00 bits per heavy atom. The van der Waals surface area contributed by atoms with Gasteiger partial charge in [-0.3, -0.25) is 4.79 Å². The van der Waals surface area contributed by atoms with Crippen molar-refractivity contribution in [2.24, 2.45) is 11.3 Å². The Labute approximate surface area is 223 Å². The molecule has 1 rings (SSSR count). The Bertz CT molecular complexity index is 669. The highest BCUT2D eigenvalue weighted by Crippen LogP contribution is 2.26. The Balaban J connectivity index is 2.02. The highest BCUT2D eigenvalue weighted by Gasteiger charge is 2.29. The van der Waals surface area contributed by atoms with Gasteiger partial charge in [0.1, 0.15) is 0 Å². The van der Waals surface area contributed by atoms with E-state index in [0.29, 0.717) is 24.3 Å². The molecule has 5 heteroatoms. The quantitative estimate of drug-likeness (QED) is 0.106. The summed E-state index contributed by atoms with van der Waals surface area (Å²) in [5, 5.41) is 14.0. The van der Waals surface area contributed by atoms with E-state index in [0.717, 1.165) is 56.7 Å². The zero-order chi connectivity index (χ0) is 25.8. The Morgan fingerprint density at radius 3 is 2.31 bits per heavy atom. The fourth-order valence-electron chi connectivity index (χ4n) is 4.34. The van der Waals surface area contributed by atoms with Gasteiger partial charge in [0.2, 0.25) is 5.91 Å². The number of alkyl halides is 1. The first-order valence-electron chi connectivity index (χ1n) is 13.5. The van der Waals surface area contributed by atoms with Crippen LogP contribution in [0.2, 0.25) is 0 Å². The van der Waals surface area contributed by atoms with Crippen molar-refractivity contribution >= 4 is 21.8 Å². The molecule has 1 aliphatic carbocycles. The van der Waals surface area contributed by atoms with Crippen LogP contribution in [0.5, 0.6) is 0 Å². The molecular weight excluding hydrogens is 502 g/mol. The van der Waals surface area contributed by atoms with Gasteiger partial charge < -0.3 is 15.2 Å². The number of ether oxygens (including phenoxy) is 1. The van der Waals surface area contributed by atoms with E-state index < -0.39 is 0 Å². The predicted molar refractivity (Wildman–Crippen MR) is 153 cm³/mol. The van der Waals surface area contributed by atoms with Crippen molar-refractivity contribution in [2.75, 3.05) is 19.0 Å². The number of carbonyl (C=O) groups is 1. The number of halogens is 1. The molecule has 0 aromatic heterocycles. The molecule has 1 fully saturated rings. The lowest BCUT2D eigenvalue weighted by Gasteiger charge is -2.32. The van der Waals surface area contributed by atoms with Crippen LogP contribution >= 0.6 is 15.9 Å². The normalized spacial score (nSPS) is 21.7. The summed E-state index contributed by atoms with van der Waals surface area (Å²) < 4.78 is 5.33. The van der Waals surface area contributed by atoms with Crippen LogP contribution in [0, 0.1) is 11.3 Å². The molecule has 0 aliphatic heterocycles. The molecule has 2 N–H and O–H groups in total. The van der Waals surface area contributed by atoms with Gasteiger partial charge in [0.25, 0.3) is 0 Å². The molecule has 0 spiro atoms. The summed E-state index contributed by atoms with van der Waals surface area (Å²) in [5.74, 6) is 0.523. The van der Waals surface area contributed by atoms with Crippen LogP contribution in [-0.4, -0.2) is 42.2 Å². The topological polar surface area (TPSA) is 58.6 Å². The third-order valence-electron chi connectivity index (χ3n) is 6.62. The Kier molecular flexibility index (Phi) is 18.2. The predicted octanol–water partition coefficient (Wildman–Crippen LogP) is 7.44. The number of methoxy groups -OCH3 is 1. The van der Waals surface area contributed by atoms with Crippen molar-refractivity contribution in [3.8, 4) is 0 Å². The number of allylic oxidation sites excluding steroid dienone is 8. The molecule has 1 saturated carbocycles. The fourth-order valence-corrected chi connectivity index (χ4v) is 4.74. The molecule has 0 bridgehead atoms. The average molecular weight is 553 g/mol. The van der Waals surface area contributed by atoms with E-state index in [2.05, 4.69) is 83.7 Å². The van der Waals surface area contributed by atoms with Crippen molar-refractivity contribution in [3.05, 3.63) is 48.6 Å². The van der Waals surface area contributed by atoms with Crippen LogP contribution < -0.4 is 5.32 Å². The van der Waals surface area contributed by atoms with Crippen molar-refractivity contribution in [1.82, 2.24) is 5.32 Å². The lowest BCUT2D eigenvalue weighted by Crippen LogP contribution is -2.39. The molecule has 0 aromatic carbocycles. The summed E-state index contributed by atoms with van der Waals surface area (Å²) in [4.78, 5) is 12.1. The standard InChI is InChI=1S/C30H50BrNO3/c1-30(2,22-16-17-23-31)21-15-13-11-9-7-5-4-6-8-10-12-14-18-29(34)32-25-26-19-20-27(33)28(24-26)35-3/h4-5,8-11,15,21,26-28,33H,6-7,12-14,16-20,22-25H2,1-3H3,(H,32,34)/b5-4-,10-8-,11-9-,21-15-. The van der Waals surface area contributed by atoms with Crippen LogP contribution in [0.15, 0.2) is 48.6 Å². The van der Waals surface area contributed by atoms with Gasteiger partial charge in [-0.25, -0.2) is 0 Å². The number of unbranched alkanes of at least 4 members (excludes halogenated alkanes) is 2. The number of nitrogens with one attached hydrogen (secondary N) is 1. The zero-order valence-corrected chi connectivity index (χ0v) is 24.0. The van der Waals surface area contributed by atoms with E-state index in [-0.39, 0.29) is 18.1 Å². The summed E-state index contributed by atoms with van der Waals surface area (Å²) >= 11 is 3.50. The van der Waals surface area contributed by atoms with Crippen molar-refractivity contribution in [3.63, 3.8) is 0 Å². The summed E-state index contributed by atoms with van der Waals surface area (Å²) in [6.07, 6.45) is 29.0. The zero-order valence-electron chi connectivity index (χ0n) is 22.4. The monoisotopic (exact) mass is 551 g/mol. The van der Waals surface area contributed by atoms with Crippen molar-refractivity contribution < 1.29 is 14.6 Å². The molecule has 35 heavy (non-hydrogen) atoms. The van der Waals surface area contributed by atoms with E-state index >= 15 is 0 Å². The van der Waals surface area contributed by atoms with E-state index in [1.54, 1.807) is 7.11 Å². The van der Waals surface area contributed by atoms with E-state index in [9.17, 15) is 9.90 Å². The van der Waals surface area contributed by atoms with E-state index in [1.807, 2.05) is 0 Å². The lowest BCUT2D eigenvalue weighted by molar-refractivity contribution is -0.121. The number of aliphatic hydroxyl groups is 1. The van der Waals surface area contributed by atoms with Crippen molar-refractivity contribution in [2.45, 2.75) is 103 Å². The number of carbonyl (C=O) groups excluding carboxylic acids is 1. The maximum absolute atomic E-state index is 12.1. The fraction of sp³-hybridized carbons (Fsp3) is 0.700. The van der Waals surface area contributed by atoms with Gasteiger partial charge in [0.15, 0.2) is 0 Å². The highest BCUT2D eigenvalue weighted by atomic mass is 79.9. The molecule has 1 aliphatic rings. The second kappa shape index (κ2) is 20.0. The molecular formula is C30H50BrNO3. The number of aliphatic hydroxyl groups excluding tert-OH is 1. The first kappa shape index (κ1) is 31.9. The van der Waals surface area contributed by atoms with Gasteiger partial charge in [-0.1, -0.05) is 84.8 Å². The van der Waals surface area contributed by atoms with Gasteiger partial charge >= 0.3 is 0 Å². The molecule has 200 valence electrons. The van der Waals surface area contributed by atoms with Crippen LogP contribution in [0.25, 0.3) is 0 Å². The number of amides is 1. The molecule has 0 saturated heterocycles. The van der Waals surface area contributed by atoms with Gasteiger partial charge in [-0.05, 0) is 75.5 Å². The minimum atomic E-state index is -0.367. The SMILES string of the molecule is COC1CC(CNC(=O)CCC/C=C\C/C=C\C/C=C\C/C=C\C(C)(C)CCCCBr)CCC1O. The van der Waals surface area contributed by atoms with Gasteiger partial charge in [-0.2, -0.15) is 0 Å². The first-order chi connectivity index (χ1) is 16.9. The smallest absolute Gasteiger partial charge is 0.220 e. The lowest BCUT2D eigenvalue weighted by atomic mass is 9.85. The summed E-state index contributed by atoms with van der Waals surface area (Å²) in [5.41, 5.74) is 0.292. The summed E-state index contributed by atoms with van der Waals surface area (Å²) in [6, 6.07) is 0. The maximum atomic E-state index is 12.1. The molecule has 1 amide bonds. The van der Waals surface area contributed by atoms with Crippen LogP contribution in [-0.2, 0) is 9.53 Å². The average Bonchev–Trinajstić information content (AvgIpc) is 2.83. The molecule has 0 aromatic rings. The molecule has 0 heterocycles. The second-order valence-electron chi connectivity index (χ2n) is 10.4. The third-order valence-corrected chi connectivity index (χ3v) is 7.18. The van der Waals surface area contributed by atoms with Gasteiger partial charge in [0, 0.05) is 25.4 Å². The number of rotatable bonds is 18. The van der Waals surface area contributed by atoms with Gasteiger partial charge in [0.05, 0.1) is 12.2 Å². The Hall–Kier alpha value is -1.17. The summed E-state index contributed by atoms with van der Waals surface area (Å²) in [7, 11) is 1.64. The van der Waals surface area contributed by atoms with E-state index in [4.69, 9.17) is 4.74 Å². The van der Waals surface area contributed by atoms with E-state index in [1.165, 1.54) is 19.3 Å². The largest absolute Gasteiger partial charge is 0.390 e. The van der Waals surface area contributed by atoms with Crippen molar-refractivity contribution in [1.29, 1.82) is 0 Å². The summed E-state index contributed by atoms with van der Waals surface area (Å²) in [6.45, 7) is 5.32. The molecule has 0 radical (unpaired) electrons. The number of hydrogen-bond donors (Lipinski definition) is 2. The second-order valence-corrected chi connectivity index (χ2v) is 11.2. The first-order valence-corrected chi connectivity index (χ1v) is 14.7. The Morgan fingerprint density at radius 2 is 1.66 bits per heavy atom. The van der Waals surface area contributed by atoms with Crippen LogP contribution in [0.3, 0.4) is 0 Å². The molecule has 4 nitrogen and oxygen atoms in total. The van der Waals surface area contributed by atoms with Gasteiger partial charge in [-0.15, -0.1) is 0 Å². The highest BCUT2D eigenvalue weighted by molar-refractivity contribution is 9.09. The third kappa shape index (κ3) is 17.0. The number of hydrogen-bond acceptors (Lipinski definition) is 3. The molecule has 3 atom stereocenters. The minimum Gasteiger partial charge on any atom is -0.390 e. The molecule has 3 unspecified atom stereocenters. The van der Waals surface area contributed by atoms with Crippen LogP contribution in [0.1, 0.15) is 90.9 Å². The maximum Gasteiger partial charge on any atom is 0.220 e. The van der Waals surface area contributed by atoms with Crippen LogP contribution in [0.4, 0.5) is 0 Å². The minimum absolute atomic E-state index is 0.0978.